The fraction of sp³-hybridized carbons (Fsp3) is 0.200. The van der Waals surface area contributed by atoms with Gasteiger partial charge in [-0.1, -0.05) is 12.1 Å². The molecule has 0 spiro atoms. The molecular weight excluding hydrogens is 216 g/mol. The van der Waals surface area contributed by atoms with Gasteiger partial charge in [0, 0.05) is 9.75 Å². The molecule has 2 nitrogen and oxygen atoms in total. The Balaban J connectivity index is 2.45. The molecule has 0 aliphatic heterocycles. The van der Waals surface area contributed by atoms with E-state index in [1.54, 1.807) is 0 Å². The number of aliphatic hydroxyl groups excluding tert-OH is 1. The zero-order chi connectivity index (χ0) is 10.0. The number of hydrogen-bond acceptors (Lipinski definition) is 4. The highest BCUT2D eigenvalue weighted by Crippen LogP contribution is 2.34. The monoisotopic (exact) mass is 226 g/mol. The van der Waals surface area contributed by atoms with Crippen molar-refractivity contribution in [3.8, 4) is 0 Å². The first kappa shape index (κ1) is 9.86. The molecule has 14 heavy (non-hydrogen) atoms. The molecule has 2 aromatic heterocycles. The first-order valence-electron chi connectivity index (χ1n) is 4.18. The highest BCUT2D eigenvalue weighted by atomic mass is 32.1. The van der Waals surface area contributed by atoms with Crippen molar-refractivity contribution >= 4 is 22.7 Å². The Morgan fingerprint density at radius 3 is 1.86 bits per heavy atom. The van der Waals surface area contributed by atoms with E-state index in [9.17, 15) is 10.2 Å². The molecule has 0 aromatic carbocycles. The maximum absolute atomic E-state index is 10.3. The van der Waals surface area contributed by atoms with Crippen LogP contribution in [-0.4, -0.2) is 16.8 Å². The summed E-state index contributed by atoms with van der Waals surface area (Å²) in [7, 11) is 0. The molecule has 0 saturated carbocycles. The van der Waals surface area contributed by atoms with Crippen LogP contribution < -0.4 is 0 Å². The van der Waals surface area contributed by atoms with Gasteiger partial charge in [0.15, 0.2) is 5.60 Å². The first-order chi connectivity index (χ1) is 6.77. The SMILES string of the molecule is OCC(O)(c1cccs1)c1cccs1. The second kappa shape index (κ2) is 3.82. The predicted octanol–water partition coefficient (Wildman–Crippen LogP) is 2.04. The molecule has 0 aliphatic carbocycles. The Bertz CT molecular complexity index is 344. The Morgan fingerprint density at radius 1 is 1.07 bits per heavy atom. The largest absolute Gasteiger partial charge is 0.393 e. The number of aliphatic hydroxyl groups is 2. The van der Waals surface area contributed by atoms with Gasteiger partial charge >= 0.3 is 0 Å². The van der Waals surface area contributed by atoms with Gasteiger partial charge in [0.25, 0.3) is 0 Å². The third-order valence-electron chi connectivity index (χ3n) is 2.09. The lowest BCUT2D eigenvalue weighted by Gasteiger charge is -2.22. The van der Waals surface area contributed by atoms with Gasteiger partial charge in [-0.2, -0.15) is 0 Å². The Labute approximate surface area is 90.1 Å². The lowest BCUT2D eigenvalue weighted by molar-refractivity contribution is 0.0233. The van der Waals surface area contributed by atoms with E-state index in [1.165, 1.54) is 22.7 Å². The van der Waals surface area contributed by atoms with Crippen molar-refractivity contribution in [1.82, 2.24) is 0 Å². The summed E-state index contributed by atoms with van der Waals surface area (Å²) in [6.45, 7) is -0.284. The fourth-order valence-corrected chi connectivity index (χ4v) is 3.03. The molecule has 0 bridgehead atoms. The second-order valence-corrected chi connectivity index (χ2v) is 4.87. The average molecular weight is 226 g/mol. The van der Waals surface area contributed by atoms with Crippen molar-refractivity contribution in [3.05, 3.63) is 44.8 Å². The van der Waals surface area contributed by atoms with Crippen LogP contribution in [0.5, 0.6) is 0 Å². The smallest absolute Gasteiger partial charge is 0.156 e. The summed E-state index contributed by atoms with van der Waals surface area (Å²) in [5.41, 5.74) is -1.22. The molecule has 0 aliphatic rings. The van der Waals surface area contributed by atoms with E-state index in [0.29, 0.717) is 0 Å². The summed E-state index contributed by atoms with van der Waals surface area (Å²) in [4.78, 5) is 1.56. The standard InChI is InChI=1S/C10H10O2S2/c11-7-10(12,8-3-1-5-13-8)9-4-2-6-14-9/h1-6,11-12H,7H2. The van der Waals surface area contributed by atoms with E-state index in [1.807, 2.05) is 35.0 Å². The second-order valence-electron chi connectivity index (χ2n) is 2.97. The zero-order valence-corrected chi connectivity index (χ0v) is 9.02. The molecule has 4 heteroatoms. The molecule has 0 amide bonds. The van der Waals surface area contributed by atoms with E-state index < -0.39 is 5.60 Å². The molecule has 0 saturated heterocycles. The normalized spacial score (nSPS) is 11.9. The Morgan fingerprint density at radius 2 is 1.57 bits per heavy atom. The van der Waals surface area contributed by atoms with Gasteiger partial charge in [-0.3, -0.25) is 0 Å². The van der Waals surface area contributed by atoms with Gasteiger partial charge in [-0.05, 0) is 22.9 Å². The number of thiophene rings is 2. The quantitative estimate of drug-likeness (QED) is 0.840. The molecule has 0 radical (unpaired) electrons. The molecule has 2 heterocycles. The maximum Gasteiger partial charge on any atom is 0.156 e. The minimum atomic E-state index is -1.22. The van der Waals surface area contributed by atoms with E-state index >= 15 is 0 Å². The van der Waals surface area contributed by atoms with Crippen LogP contribution in [0.2, 0.25) is 0 Å². The third-order valence-corrected chi connectivity index (χ3v) is 4.13. The van der Waals surface area contributed by atoms with E-state index in [0.717, 1.165) is 9.75 Å². The summed E-state index contributed by atoms with van der Waals surface area (Å²) in [6.07, 6.45) is 0. The third kappa shape index (κ3) is 1.50. The molecule has 0 unspecified atom stereocenters. The topological polar surface area (TPSA) is 40.5 Å². The molecule has 0 fully saturated rings. The number of rotatable bonds is 3. The predicted molar refractivity (Wildman–Crippen MR) is 58.7 cm³/mol. The fourth-order valence-electron chi connectivity index (χ4n) is 1.31. The lowest BCUT2D eigenvalue weighted by Crippen LogP contribution is -2.29. The summed E-state index contributed by atoms with van der Waals surface area (Å²) >= 11 is 2.90. The van der Waals surface area contributed by atoms with Crippen LogP contribution in [-0.2, 0) is 5.60 Å². The van der Waals surface area contributed by atoms with Gasteiger partial charge < -0.3 is 10.2 Å². The Hall–Kier alpha value is -0.680. The molecular formula is C10H10O2S2. The van der Waals surface area contributed by atoms with Crippen LogP contribution in [0, 0.1) is 0 Å². The molecule has 2 N–H and O–H groups in total. The molecule has 2 aromatic rings. The molecule has 74 valence electrons. The molecule has 2 rings (SSSR count). The van der Waals surface area contributed by atoms with Gasteiger partial charge in [0.05, 0.1) is 6.61 Å². The van der Waals surface area contributed by atoms with E-state index in [-0.39, 0.29) is 6.61 Å². The first-order valence-corrected chi connectivity index (χ1v) is 5.94. The van der Waals surface area contributed by atoms with Crippen molar-refractivity contribution in [2.24, 2.45) is 0 Å². The van der Waals surface area contributed by atoms with Crippen LogP contribution in [0.15, 0.2) is 35.0 Å². The van der Waals surface area contributed by atoms with Gasteiger partial charge in [-0.15, -0.1) is 22.7 Å². The van der Waals surface area contributed by atoms with Crippen molar-refractivity contribution in [1.29, 1.82) is 0 Å². The maximum atomic E-state index is 10.3. The minimum absolute atomic E-state index is 0.284. The van der Waals surface area contributed by atoms with Crippen LogP contribution in [0.3, 0.4) is 0 Å². The zero-order valence-electron chi connectivity index (χ0n) is 7.38. The van der Waals surface area contributed by atoms with Crippen LogP contribution in [0.4, 0.5) is 0 Å². The van der Waals surface area contributed by atoms with E-state index in [2.05, 4.69) is 0 Å². The van der Waals surface area contributed by atoms with Crippen molar-refractivity contribution in [2.75, 3.05) is 6.61 Å². The lowest BCUT2D eigenvalue weighted by atomic mass is 10.0. The number of hydrogen-bond donors (Lipinski definition) is 2. The van der Waals surface area contributed by atoms with E-state index in [4.69, 9.17) is 0 Å². The van der Waals surface area contributed by atoms with Gasteiger partial charge in [0.1, 0.15) is 0 Å². The van der Waals surface area contributed by atoms with Crippen molar-refractivity contribution in [3.63, 3.8) is 0 Å². The Kier molecular flexibility index (Phi) is 2.69. The molecule has 0 atom stereocenters. The minimum Gasteiger partial charge on any atom is -0.393 e. The van der Waals surface area contributed by atoms with Crippen molar-refractivity contribution in [2.45, 2.75) is 5.60 Å². The van der Waals surface area contributed by atoms with Crippen molar-refractivity contribution < 1.29 is 10.2 Å². The summed E-state index contributed by atoms with van der Waals surface area (Å²) in [6, 6.07) is 7.41. The highest BCUT2D eigenvalue weighted by molar-refractivity contribution is 7.11. The van der Waals surface area contributed by atoms with Gasteiger partial charge in [-0.25, -0.2) is 0 Å². The summed E-state index contributed by atoms with van der Waals surface area (Å²) in [5, 5.41) is 23.4. The average Bonchev–Trinajstić information content (AvgIpc) is 2.88. The van der Waals surface area contributed by atoms with Crippen LogP contribution >= 0.6 is 22.7 Å². The summed E-state index contributed by atoms with van der Waals surface area (Å²) < 4.78 is 0. The van der Waals surface area contributed by atoms with Crippen LogP contribution in [0.25, 0.3) is 0 Å². The summed E-state index contributed by atoms with van der Waals surface area (Å²) in [5.74, 6) is 0. The highest BCUT2D eigenvalue weighted by Gasteiger charge is 2.32. The van der Waals surface area contributed by atoms with Gasteiger partial charge in [0.2, 0.25) is 0 Å². The van der Waals surface area contributed by atoms with Crippen LogP contribution in [0.1, 0.15) is 9.75 Å².